The molecule has 1 aromatic rings. The summed E-state index contributed by atoms with van der Waals surface area (Å²) in [5, 5.41) is 0. The molecule has 0 bridgehead atoms. The molecule has 1 aliphatic heterocycles. The number of hydrogen-bond acceptors (Lipinski definition) is 4. The van der Waals surface area contributed by atoms with Gasteiger partial charge in [-0.15, -0.1) is 0 Å². The molecule has 0 radical (unpaired) electrons. The Balaban J connectivity index is 1.91. The largest absolute Gasteiger partial charge is 0.374 e. The molecule has 2 atom stereocenters. The summed E-state index contributed by atoms with van der Waals surface area (Å²) in [4.78, 5) is 2.30. The highest BCUT2D eigenvalue weighted by Crippen LogP contribution is 2.13. The Morgan fingerprint density at radius 2 is 2.10 bits per heavy atom. The van der Waals surface area contributed by atoms with Crippen LogP contribution < -0.4 is 4.72 Å². The van der Waals surface area contributed by atoms with E-state index in [0.717, 1.165) is 19.6 Å². The molecule has 1 fully saturated rings. The molecule has 1 aromatic carbocycles. The Labute approximate surface area is 121 Å². The summed E-state index contributed by atoms with van der Waals surface area (Å²) in [6.45, 7) is 4.95. The molecule has 0 aliphatic carbocycles. The molecule has 0 spiro atoms. The normalized spacial score (nSPS) is 22.6. The first kappa shape index (κ1) is 15.4. The van der Waals surface area contributed by atoms with Crippen LogP contribution in [0.15, 0.2) is 30.3 Å². The van der Waals surface area contributed by atoms with E-state index in [1.807, 2.05) is 25.1 Å². The van der Waals surface area contributed by atoms with Gasteiger partial charge >= 0.3 is 0 Å². The summed E-state index contributed by atoms with van der Waals surface area (Å²) in [7, 11) is -3.20. The number of benzene rings is 1. The van der Waals surface area contributed by atoms with Crippen LogP contribution in [0.2, 0.25) is 0 Å². The van der Waals surface area contributed by atoms with Crippen molar-refractivity contribution < 1.29 is 13.2 Å². The average molecular weight is 298 g/mol. The Bertz CT molecular complexity index is 518. The van der Waals surface area contributed by atoms with Crippen LogP contribution in [0.3, 0.4) is 0 Å². The molecule has 1 saturated heterocycles. The minimum absolute atomic E-state index is 0.109. The second-order valence-corrected chi connectivity index (χ2v) is 7.09. The zero-order valence-corrected chi connectivity index (χ0v) is 12.8. The van der Waals surface area contributed by atoms with Crippen LogP contribution in [0.1, 0.15) is 12.5 Å². The Hall–Kier alpha value is -0.950. The first-order chi connectivity index (χ1) is 9.44. The van der Waals surface area contributed by atoms with Crippen LogP contribution in [0.4, 0.5) is 0 Å². The molecule has 2 rings (SSSR count). The van der Waals surface area contributed by atoms with Gasteiger partial charge in [-0.05, 0) is 12.5 Å². The van der Waals surface area contributed by atoms with Crippen LogP contribution in [-0.4, -0.2) is 51.4 Å². The number of nitrogens with zero attached hydrogens (tertiary/aromatic N) is 1. The van der Waals surface area contributed by atoms with E-state index in [-0.39, 0.29) is 12.1 Å². The van der Waals surface area contributed by atoms with Gasteiger partial charge in [-0.1, -0.05) is 30.3 Å². The van der Waals surface area contributed by atoms with Gasteiger partial charge in [0, 0.05) is 25.7 Å². The van der Waals surface area contributed by atoms with Crippen molar-refractivity contribution in [2.45, 2.75) is 25.6 Å². The molecule has 0 saturated carbocycles. The third-order valence-corrected chi connectivity index (χ3v) is 4.18. The predicted molar refractivity (Wildman–Crippen MR) is 78.9 cm³/mol. The first-order valence-electron chi connectivity index (χ1n) is 6.79. The number of hydrogen-bond donors (Lipinski definition) is 1. The van der Waals surface area contributed by atoms with Gasteiger partial charge in [-0.3, -0.25) is 4.90 Å². The molecule has 5 nitrogen and oxygen atoms in total. The van der Waals surface area contributed by atoms with Crippen molar-refractivity contribution in [2.75, 3.05) is 26.0 Å². The third kappa shape index (κ3) is 4.86. The van der Waals surface area contributed by atoms with E-state index in [0.29, 0.717) is 6.61 Å². The van der Waals surface area contributed by atoms with Gasteiger partial charge in [0.15, 0.2) is 0 Å². The highest BCUT2D eigenvalue weighted by atomic mass is 32.2. The van der Waals surface area contributed by atoms with E-state index in [1.165, 1.54) is 11.8 Å². The molecule has 2 unspecified atom stereocenters. The summed E-state index contributed by atoms with van der Waals surface area (Å²) in [5.41, 5.74) is 1.26. The summed E-state index contributed by atoms with van der Waals surface area (Å²) >= 11 is 0. The van der Waals surface area contributed by atoms with Crippen molar-refractivity contribution in [2.24, 2.45) is 0 Å². The van der Waals surface area contributed by atoms with Crippen LogP contribution in [0.25, 0.3) is 0 Å². The van der Waals surface area contributed by atoms with E-state index in [9.17, 15) is 8.42 Å². The summed E-state index contributed by atoms with van der Waals surface area (Å²) in [5.74, 6) is 0. The molecule has 0 aromatic heterocycles. The van der Waals surface area contributed by atoms with E-state index >= 15 is 0 Å². The molecule has 1 aliphatic rings. The van der Waals surface area contributed by atoms with Crippen LogP contribution in [-0.2, 0) is 21.3 Å². The quantitative estimate of drug-likeness (QED) is 0.874. The lowest BCUT2D eigenvalue weighted by atomic mass is 10.1. The second kappa shape index (κ2) is 6.67. The lowest BCUT2D eigenvalue weighted by Gasteiger charge is -2.35. The first-order valence-corrected chi connectivity index (χ1v) is 8.68. The topological polar surface area (TPSA) is 58.6 Å². The van der Waals surface area contributed by atoms with Crippen LogP contribution >= 0.6 is 0 Å². The Kier molecular flexibility index (Phi) is 5.15. The number of rotatable bonds is 5. The van der Waals surface area contributed by atoms with Crippen molar-refractivity contribution in [1.29, 1.82) is 0 Å². The summed E-state index contributed by atoms with van der Waals surface area (Å²) in [6.07, 6.45) is 1.07. The maximum Gasteiger partial charge on any atom is 0.209 e. The summed E-state index contributed by atoms with van der Waals surface area (Å²) in [6, 6.07) is 10.0. The highest BCUT2D eigenvalue weighted by molar-refractivity contribution is 7.88. The maximum atomic E-state index is 11.3. The molecule has 0 amide bonds. The van der Waals surface area contributed by atoms with E-state index < -0.39 is 10.0 Å². The van der Waals surface area contributed by atoms with E-state index in [1.54, 1.807) is 0 Å². The number of nitrogens with one attached hydrogen (secondary N) is 1. The maximum absolute atomic E-state index is 11.3. The Morgan fingerprint density at radius 3 is 2.75 bits per heavy atom. The van der Waals surface area contributed by atoms with Crippen molar-refractivity contribution in [3.8, 4) is 0 Å². The van der Waals surface area contributed by atoms with E-state index in [4.69, 9.17) is 4.74 Å². The van der Waals surface area contributed by atoms with Crippen molar-refractivity contribution >= 4 is 10.0 Å². The number of ether oxygens (including phenoxy) is 1. The van der Waals surface area contributed by atoms with Crippen LogP contribution in [0, 0.1) is 0 Å². The zero-order valence-electron chi connectivity index (χ0n) is 12.0. The minimum Gasteiger partial charge on any atom is -0.374 e. The fourth-order valence-electron chi connectivity index (χ4n) is 2.43. The predicted octanol–water partition coefficient (Wildman–Crippen LogP) is 0.825. The fraction of sp³-hybridized carbons (Fsp3) is 0.571. The molecular formula is C14H22N2O3S. The minimum atomic E-state index is -3.20. The number of morpholine rings is 1. The molecular weight excluding hydrogens is 276 g/mol. The SMILES string of the molecule is CC(NS(C)(=O)=O)C1CN(Cc2ccccc2)CCO1. The fourth-order valence-corrected chi connectivity index (χ4v) is 3.26. The molecule has 20 heavy (non-hydrogen) atoms. The monoisotopic (exact) mass is 298 g/mol. The molecule has 1 heterocycles. The van der Waals surface area contributed by atoms with Gasteiger partial charge in [0.05, 0.1) is 19.0 Å². The third-order valence-electron chi connectivity index (χ3n) is 3.38. The van der Waals surface area contributed by atoms with Gasteiger partial charge in [-0.2, -0.15) is 0 Å². The van der Waals surface area contributed by atoms with Crippen molar-refractivity contribution in [1.82, 2.24) is 9.62 Å². The number of sulfonamides is 1. The molecule has 112 valence electrons. The van der Waals surface area contributed by atoms with Gasteiger partial charge in [0.2, 0.25) is 10.0 Å². The summed E-state index contributed by atoms with van der Waals surface area (Å²) < 4.78 is 30.8. The lowest BCUT2D eigenvalue weighted by Crippen LogP contribution is -2.51. The van der Waals surface area contributed by atoms with Crippen LogP contribution in [0.5, 0.6) is 0 Å². The average Bonchev–Trinajstić information content (AvgIpc) is 2.38. The highest BCUT2D eigenvalue weighted by Gasteiger charge is 2.27. The van der Waals surface area contributed by atoms with Gasteiger partial charge in [0.25, 0.3) is 0 Å². The van der Waals surface area contributed by atoms with Crippen molar-refractivity contribution in [3.05, 3.63) is 35.9 Å². The van der Waals surface area contributed by atoms with E-state index in [2.05, 4.69) is 21.8 Å². The van der Waals surface area contributed by atoms with Gasteiger partial charge in [0.1, 0.15) is 0 Å². The van der Waals surface area contributed by atoms with Gasteiger partial charge in [-0.25, -0.2) is 13.1 Å². The second-order valence-electron chi connectivity index (χ2n) is 5.31. The zero-order chi connectivity index (χ0) is 14.6. The van der Waals surface area contributed by atoms with Gasteiger partial charge < -0.3 is 4.74 Å². The lowest BCUT2D eigenvalue weighted by molar-refractivity contribution is -0.0427. The Morgan fingerprint density at radius 1 is 1.40 bits per heavy atom. The molecule has 6 heteroatoms. The smallest absolute Gasteiger partial charge is 0.209 e. The molecule has 1 N–H and O–H groups in total. The standard InChI is InChI=1S/C14H22N2O3S/c1-12(15-20(2,17)18)14-11-16(8-9-19-14)10-13-6-4-3-5-7-13/h3-7,12,14-15H,8-11H2,1-2H3. The van der Waals surface area contributed by atoms with Crippen molar-refractivity contribution in [3.63, 3.8) is 0 Å².